The first-order valence-corrected chi connectivity index (χ1v) is 11.8. The Balaban J connectivity index is 1.74. The molecule has 6 nitrogen and oxygen atoms in total. The molecule has 1 aromatic heterocycles. The highest BCUT2D eigenvalue weighted by atomic mass is 32.1. The first-order chi connectivity index (χ1) is 15.4. The Labute approximate surface area is 192 Å². The van der Waals surface area contributed by atoms with E-state index >= 15 is 0 Å². The molecule has 0 saturated heterocycles. The number of rotatable bonds is 10. The molecule has 0 N–H and O–H groups in total. The lowest BCUT2D eigenvalue weighted by Crippen LogP contribution is -2.48. The molecule has 0 bridgehead atoms. The smallest absolute Gasteiger partial charge is 0.249 e. The van der Waals surface area contributed by atoms with Gasteiger partial charge in [0.25, 0.3) is 0 Å². The normalized spacial score (nSPS) is 15.5. The van der Waals surface area contributed by atoms with Gasteiger partial charge < -0.3 is 19.3 Å². The lowest BCUT2D eigenvalue weighted by atomic mass is 10.0. The third kappa shape index (κ3) is 6.29. The van der Waals surface area contributed by atoms with E-state index in [1.807, 2.05) is 11.4 Å². The van der Waals surface area contributed by atoms with Gasteiger partial charge in [-0.1, -0.05) is 13.8 Å². The Hall–Kier alpha value is -2.45. The van der Waals surface area contributed by atoms with Crippen molar-refractivity contribution in [3.63, 3.8) is 0 Å². The fourth-order valence-electron chi connectivity index (χ4n) is 3.76. The second-order valence-corrected chi connectivity index (χ2v) is 9.35. The predicted molar refractivity (Wildman–Crippen MR) is 122 cm³/mol. The quantitative estimate of drug-likeness (QED) is 0.537. The molecular weight excluding hydrogens is 431 g/mol. The van der Waals surface area contributed by atoms with Crippen molar-refractivity contribution in [3.8, 4) is 5.75 Å². The van der Waals surface area contributed by atoms with Crippen LogP contribution in [0.15, 0.2) is 35.7 Å². The fraction of sp³-hybridized carbons (Fsp3) is 0.500. The molecular formula is C24H31FN2O4S. The van der Waals surface area contributed by atoms with Crippen LogP contribution in [0.5, 0.6) is 5.75 Å². The summed E-state index contributed by atoms with van der Waals surface area (Å²) in [6.07, 6.45) is 1.60. The van der Waals surface area contributed by atoms with Crippen LogP contribution >= 0.6 is 11.3 Å². The number of halogens is 1. The van der Waals surface area contributed by atoms with Crippen LogP contribution < -0.4 is 4.74 Å². The van der Waals surface area contributed by atoms with Crippen LogP contribution in [-0.2, 0) is 20.7 Å². The first kappa shape index (κ1) is 24.2. The van der Waals surface area contributed by atoms with Crippen LogP contribution in [0.3, 0.4) is 0 Å². The molecule has 1 atom stereocenters. The van der Waals surface area contributed by atoms with Crippen LogP contribution in [-0.4, -0.2) is 61.6 Å². The zero-order valence-electron chi connectivity index (χ0n) is 18.9. The minimum atomic E-state index is -0.325. The molecule has 0 saturated carbocycles. The van der Waals surface area contributed by atoms with E-state index in [1.54, 1.807) is 33.3 Å². The van der Waals surface area contributed by atoms with Gasteiger partial charge in [0.2, 0.25) is 11.8 Å². The zero-order valence-corrected chi connectivity index (χ0v) is 19.7. The van der Waals surface area contributed by atoms with Crippen molar-refractivity contribution in [3.05, 3.63) is 52.0 Å². The van der Waals surface area contributed by atoms with Crippen LogP contribution in [0.1, 0.15) is 36.8 Å². The van der Waals surface area contributed by atoms with Crippen LogP contribution in [0, 0.1) is 11.7 Å². The summed E-state index contributed by atoms with van der Waals surface area (Å²) in [5.74, 6) is 0.351. The molecule has 2 amide bonds. The van der Waals surface area contributed by atoms with Crippen LogP contribution in [0.2, 0.25) is 0 Å². The standard InChI is InChI=1S/C24H31FN2O4S/c1-17(2)8-11-26(24(29)16-30-3)14-23(28)27-12-9-22-20(10-13-32-22)21(27)15-31-19-6-4-18(25)5-7-19/h4-7,10,13,17,21H,8-9,11-12,14-16H2,1-3H3. The third-order valence-corrected chi connectivity index (χ3v) is 6.56. The average Bonchev–Trinajstić information content (AvgIpc) is 3.25. The number of carbonyl (C=O) groups is 2. The van der Waals surface area contributed by atoms with Crippen LogP contribution in [0.4, 0.5) is 4.39 Å². The summed E-state index contributed by atoms with van der Waals surface area (Å²) in [6, 6.07) is 7.63. The lowest BCUT2D eigenvalue weighted by molar-refractivity contribution is -0.144. The molecule has 0 radical (unpaired) electrons. The van der Waals surface area contributed by atoms with Gasteiger partial charge in [-0.25, -0.2) is 4.39 Å². The molecule has 0 spiro atoms. The number of methoxy groups -OCH3 is 1. The van der Waals surface area contributed by atoms with Gasteiger partial charge in [-0.05, 0) is 60.0 Å². The van der Waals surface area contributed by atoms with Crippen molar-refractivity contribution in [2.24, 2.45) is 5.92 Å². The van der Waals surface area contributed by atoms with E-state index in [4.69, 9.17) is 9.47 Å². The number of amides is 2. The van der Waals surface area contributed by atoms with Crippen molar-refractivity contribution in [1.29, 1.82) is 0 Å². The first-order valence-electron chi connectivity index (χ1n) is 10.9. The summed E-state index contributed by atoms with van der Waals surface area (Å²) in [6.45, 7) is 5.50. The molecule has 0 aliphatic carbocycles. The van der Waals surface area contributed by atoms with Crippen molar-refractivity contribution >= 4 is 23.2 Å². The Bertz CT molecular complexity index is 900. The van der Waals surface area contributed by atoms with E-state index in [2.05, 4.69) is 13.8 Å². The molecule has 1 aliphatic heterocycles. The van der Waals surface area contributed by atoms with Gasteiger partial charge in [-0.2, -0.15) is 0 Å². The fourth-order valence-corrected chi connectivity index (χ4v) is 4.68. The highest BCUT2D eigenvalue weighted by Gasteiger charge is 2.33. The Morgan fingerprint density at radius 1 is 1.25 bits per heavy atom. The Morgan fingerprint density at radius 2 is 2.00 bits per heavy atom. The van der Waals surface area contributed by atoms with Crippen LogP contribution in [0.25, 0.3) is 0 Å². The van der Waals surface area contributed by atoms with Crippen molar-refractivity contribution in [2.45, 2.75) is 32.7 Å². The third-order valence-electron chi connectivity index (χ3n) is 5.56. The molecule has 2 aromatic rings. The Kier molecular flexibility index (Phi) is 8.64. The number of benzene rings is 1. The molecule has 32 heavy (non-hydrogen) atoms. The minimum absolute atomic E-state index is 0.0153. The average molecular weight is 463 g/mol. The van der Waals surface area contributed by atoms with E-state index in [9.17, 15) is 14.0 Å². The molecule has 174 valence electrons. The molecule has 3 rings (SSSR count). The van der Waals surface area contributed by atoms with E-state index in [-0.39, 0.29) is 43.4 Å². The number of thiophene rings is 1. The number of hydrogen-bond acceptors (Lipinski definition) is 5. The monoisotopic (exact) mass is 462 g/mol. The van der Waals surface area contributed by atoms with E-state index in [0.717, 1.165) is 18.4 Å². The number of ether oxygens (including phenoxy) is 2. The minimum Gasteiger partial charge on any atom is -0.491 e. The summed E-state index contributed by atoms with van der Waals surface area (Å²) in [5, 5.41) is 2.03. The predicted octanol–water partition coefficient (Wildman–Crippen LogP) is 3.91. The number of hydrogen-bond donors (Lipinski definition) is 0. The summed E-state index contributed by atoms with van der Waals surface area (Å²) in [7, 11) is 1.48. The van der Waals surface area contributed by atoms with Gasteiger partial charge in [0.05, 0.1) is 12.6 Å². The largest absolute Gasteiger partial charge is 0.491 e. The maximum atomic E-state index is 13.3. The van der Waals surface area contributed by atoms with Gasteiger partial charge in [-0.3, -0.25) is 9.59 Å². The second-order valence-electron chi connectivity index (χ2n) is 8.35. The zero-order chi connectivity index (χ0) is 23.1. The number of nitrogens with zero attached hydrogens (tertiary/aromatic N) is 2. The molecule has 1 aliphatic rings. The van der Waals surface area contributed by atoms with Gasteiger partial charge in [-0.15, -0.1) is 11.3 Å². The SMILES string of the molecule is COCC(=O)N(CCC(C)C)CC(=O)N1CCc2sccc2C1COc1ccc(F)cc1. The van der Waals surface area contributed by atoms with Gasteiger partial charge in [0, 0.05) is 25.1 Å². The maximum Gasteiger partial charge on any atom is 0.249 e. The summed E-state index contributed by atoms with van der Waals surface area (Å²) < 4.78 is 24.1. The summed E-state index contributed by atoms with van der Waals surface area (Å²) >= 11 is 1.68. The highest BCUT2D eigenvalue weighted by Crippen LogP contribution is 2.34. The van der Waals surface area contributed by atoms with Gasteiger partial charge >= 0.3 is 0 Å². The van der Waals surface area contributed by atoms with Crippen molar-refractivity contribution in [1.82, 2.24) is 9.80 Å². The van der Waals surface area contributed by atoms with E-state index in [1.165, 1.54) is 24.1 Å². The molecule has 2 heterocycles. The van der Waals surface area contributed by atoms with E-state index in [0.29, 0.717) is 24.8 Å². The Morgan fingerprint density at radius 3 is 2.69 bits per heavy atom. The lowest BCUT2D eigenvalue weighted by Gasteiger charge is -2.37. The van der Waals surface area contributed by atoms with Crippen molar-refractivity contribution < 1.29 is 23.5 Å². The summed E-state index contributed by atoms with van der Waals surface area (Å²) in [5.41, 5.74) is 1.08. The second kappa shape index (κ2) is 11.4. The topological polar surface area (TPSA) is 59.1 Å². The van der Waals surface area contributed by atoms with Crippen molar-refractivity contribution in [2.75, 3.05) is 40.0 Å². The molecule has 8 heteroatoms. The summed E-state index contributed by atoms with van der Waals surface area (Å²) in [4.78, 5) is 30.5. The maximum absolute atomic E-state index is 13.3. The number of fused-ring (bicyclic) bond motifs is 1. The highest BCUT2D eigenvalue weighted by molar-refractivity contribution is 7.10. The molecule has 1 aromatic carbocycles. The van der Waals surface area contributed by atoms with Gasteiger partial charge in [0.1, 0.15) is 24.8 Å². The van der Waals surface area contributed by atoms with E-state index < -0.39 is 0 Å². The van der Waals surface area contributed by atoms with Gasteiger partial charge in [0.15, 0.2) is 0 Å². The number of carbonyl (C=O) groups excluding carboxylic acids is 2. The molecule has 1 unspecified atom stereocenters. The molecule has 0 fully saturated rings.